The summed E-state index contributed by atoms with van der Waals surface area (Å²) in [6, 6.07) is 5.96. The lowest BCUT2D eigenvalue weighted by Crippen LogP contribution is -2.39. The summed E-state index contributed by atoms with van der Waals surface area (Å²) in [5.41, 5.74) is 20.1. The SMILES string of the molecule is N=C(N)NC(=N)N.NC(N)=NC(=O)Nc1ccc(Cl)cc1. The Kier molecular flexibility index (Phi) is 7.70. The Morgan fingerprint density at radius 3 is 1.86 bits per heavy atom. The summed E-state index contributed by atoms with van der Waals surface area (Å²) in [6.07, 6.45) is 0. The van der Waals surface area contributed by atoms with E-state index in [9.17, 15) is 4.79 Å². The lowest BCUT2D eigenvalue weighted by Gasteiger charge is -2.00. The highest BCUT2D eigenvalue weighted by molar-refractivity contribution is 6.30. The highest BCUT2D eigenvalue weighted by Crippen LogP contribution is 2.13. The van der Waals surface area contributed by atoms with Gasteiger partial charge in [0.15, 0.2) is 17.9 Å². The number of amides is 2. The molecular weight excluding hydrogens is 298 g/mol. The number of nitrogens with one attached hydrogen (secondary N) is 4. The van der Waals surface area contributed by atoms with Crippen LogP contribution in [0.4, 0.5) is 10.5 Å². The molecule has 11 heteroatoms. The van der Waals surface area contributed by atoms with Crippen molar-refractivity contribution in [1.29, 1.82) is 10.8 Å². The van der Waals surface area contributed by atoms with Gasteiger partial charge in [-0.3, -0.25) is 16.1 Å². The number of carbonyl (C=O) groups excluding carboxylic acids is 1. The van der Waals surface area contributed by atoms with E-state index in [0.717, 1.165) is 0 Å². The minimum Gasteiger partial charge on any atom is -0.370 e. The van der Waals surface area contributed by atoms with Crippen LogP contribution < -0.4 is 33.6 Å². The van der Waals surface area contributed by atoms with Gasteiger partial charge in [-0.15, -0.1) is 0 Å². The molecular formula is C10H16ClN9O. The topological polar surface area (TPSA) is 205 Å². The molecule has 0 saturated heterocycles. The van der Waals surface area contributed by atoms with Crippen molar-refractivity contribution in [2.24, 2.45) is 27.9 Å². The Labute approximate surface area is 125 Å². The molecule has 0 atom stereocenters. The number of carbonyl (C=O) groups is 1. The Morgan fingerprint density at radius 1 is 1.05 bits per heavy atom. The standard InChI is InChI=1S/C8H9ClN4O.C2H7N5/c9-5-1-3-6(4-2-5)12-8(14)13-7(10)11;3-1(4)7-2(5)6/h1-4H,(H5,10,11,12,13,14);(H7,3,4,5,6,7). The number of nitrogens with zero attached hydrogens (tertiary/aromatic N) is 1. The second-order valence-electron chi connectivity index (χ2n) is 3.43. The molecule has 0 aliphatic rings. The summed E-state index contributed by atoms with van der Waals surface area (Å²) in [7, 11) is 0. The number of guanidine groups is 3. The maximum absolute atomic E-state index is 11.0. The fraction of sp³-hybridized carbons (Fsp3) is 0. The van der Waals surface area contributed by atoms with Gasteiger partial charge in [0.2, 0.25) is 0 Å². The molecule has 0 fully saturated rings. The maximum Gasteiger partial charge on any atom is 0.348 e. The molecule has 114 valence electrons. The fourth-order valence-corrected chi connectivity index (χ4v) is 1.07. The second-order valence-corrected chi connectivity index (χ2v) is 3.86. The van der Waals surface area contributed by atoms with Gasteiger partial charge < -0.3 is 28.3 Å². The van der Waals surface area contributed by atoms with Crippen LogP contribution in [-0.2, 0) is 0 Å². The van der Waals surface area contributed by atoms with Crippen molar-refractivity contribution in [1.82, 2.24) is 5.32 Å². The molecule has 0 aliphatic heterocycles. The van der Waals surface area contributed by atoms with Crippen LogP contribution in [0.15, 0.2) is 29.3 Å². The van der Waals surface area contributed by atoms with Crippen molar-refractivity contribution >= 4 is 41.2 Å². The van der Waals surface area contributed by atoms with E-state index in [1.54, 1.807) is 24.3 Å². The number of anilines is 1. The van der Waals surface area contributed by atoms with Crippen LogP contribution in [0, 0.1) is 10.8 Å². The molecule has 0 spiro atoms. The molecule has 1 aromatic carbocycles. The minimum atomic E-state index is -0.618. The van der Waals surface area contributed by atoms with E-state index in [0.29, 0.717) is 10.7 Å². The largest absolute Gasteiger partial charge is 0.370 e. The number of hydrogen-bond donors (Lipinski definition) is 8. The van der Waals surface area contributed by atoms with Gasteiger partial charge in [-0.05, 0) is 24.3 Å². The molecule has 0 bridgehead atoms. The Balaban J connectivity index is 0.000000486. The van der Waals surface area contributed by atoms with Crippen LogP contribution in [0.25, 0.3) is 0 Å². The number of hydrogen-bond acceptors (Lipinski definition) is 3. The van der Waals surface area contributed by atoms with E-state index in [2.05, 4.69) is 10.3 Å². The van der Waals surface area contributed by atoms with Gasteiger partial charge in [-0.25, -0.2) is 4.79 Å². The van der Waals surface area contributed by atoms with E-state index in [4.69, 9.17) is 45.4 Å². The van der Waals surface area contributed by atoms with Crippen LogP contribution >= 0.6 is 11.6 Å². The van der Waals surface area contributed by atoms with Gasteiger partial charge in [0.1, 0.15) is 0 Å². The Hall–Kier alpha value is -3.01. The molecule has 0 radical (unpaired) electrons. The zero-order valence-electron chi connectivity index (χ0n) is 10.9. The molecule has 2 amide bonds. The van der Waals surface area contributed by atoms with Gasteiger partial charge >= 0.3 is 6.03 Å². The highest BCUT2D eigenvalue weighted by Gasteiger charge is 1.99. The zero-order valence-corrected chi connectivity index (χ0v) is 11.6. The van der Waals surface area contributed by atoms with Crippen LogP contribution in [0.3, 0.4) is 0 Å². The Bertz CT molecular complexity index is 524. The van der Waals surface area contributed by atoms with Crippen molar-refractivity contribution in [2.75, 3.05) is 5.32 Å². The molecule has 1 aromatic rings. The van der Waals surface area contributed by atoms with Crippen molar-refractivity contribution in [3.63, 3.8) is 0 Å². The predicted octanol–water partition coefficient (Wildman–Crippen LogP) is -0.492. The summed E-state index contributed by atoms with van der Waals surface area (Å²) in [6.45, 7) is 0. The molecule has 21 heavy (non-hydrogen) atoms. The van der Waals surface area contributed by atoms with Crippen molar-refractivity contribution in [2.45, 2.75) is 0 Å². The summed E-state index contributed by atoms with van der Waals surface area (Å²) >= 11 is 5.65. The van der Waals surface area contributed by atoms with E-state index >= 15 is 0 Å². The summed E-state index contributed by atoms with van der Waals surface area (Å²) in [5.74, 6) is -0.906. The number of benzene rings is 1. The number of nitrogens with two attached hydrogens (primary N) is 4. The van der Waals surface area contributed by atoms with E-state index < -0.39 is 6.03 Å². The van der Waals surface area contributed by atoms with Crippen LogP contribution in [0.5, 0.6) is 0 Å². The fourth-order valence-electron chi connectivity index (χ4n) is 0.947. The summed E-state index contributed by atoms with van der Waals surface area (Å²) in [4.78, 5) is 14.3. The van der Waals surface area contributed by atoms with Crippen LogP contribution in [0.2, 0.25) is 5.02 Å². The Morgan fingerprint density at radius 2 is 1.52 bits per heavy atom. The monoisotopic (exact) mass is 313 g/mol. The first kappa shape index (κ1) is 18.0. The molecule has 1 rings (SSSR count). The van der Waals surface area contributed by atoms with Gasteiger partial charge in [0.05, 0.1) is 0 Å². The average Bonchev–Trinajstić information content (AvgIpc) is 2.30. The van der Waals surface area contributed by atoms with E-state index in [1.165, 1.54) is 0 Å². The molecule has 0 unspecified atom stereocenters. The smallest absolute Gasteiger partial charge is 0.348 e. The lowest BCUT2D eigenvalue weighted by atomic mass is 10.3. The quantitative estimate of drug-likeness (QED) is 0.253. The second kappa shape index (κ2) is 8.98. The highest BCUT2D eigenvalue weighted by atomic mass is 35.5. The van der Waals surface area contributed by atoms with Gasteiger partial charge in [-0.1, -0.05) is 11.6 Å². The van der Waals surface area contributed by atoms with Crippen molar-refractivity contribution in [3.8, 4) is 0 Å². The normalized spacial score (nSPS) is 8.62. The number of rotatable bonds is 1. The minimum absolute atomic E-state index is 0.281. The summed E-state index contributed by atoms with van der Waals surface area (Å²) in [5, 5.41) is 18.0. The molecule has 12 N–H and O–H groups in total. The molecule has 0 saturated carbocycles. The average molecular weight is 314 g/mol. The molecule has 0 heterocycles. The van der Waals surface area contributed by atoms with Crippen LogP contribution in [0.1, 0.15) is 0 Å². The third kappa shape index (κ3) is 10.6. The van der Waals surface area contributed by atoms with Crippen LogP contribution in [-0.4, -0.2) is 23.9 Å². The third-order valence-corrected chi connectivity index (χ3v) is 1.85. The molecule has 0 aliphatic carbocycles. The zero-order chi connectivity index (χ0) is 16.4. The van der Waals surface area contributed by atoms with E-state index in [1.807, 2.05) is 5.32 Å². The molecule has 0 aromatic heterocycles. The number of urea groups is 1. The number of halogens is 1. The molecule has 10 nitrogen and oxygen atoms in total. The maximum atomic E-state index is 11.0. The van der Waals surface area contributed by atoms with E-state index in [-0.39, 0.29) is 17.9 Å². The van der Waals surface area contributed by atoms with Gasteiger partial charge in [0.25, 0.3) is 0 Å². The third-order valence-electron chi connectivity index (χ3n) is 1.60. The van der Waals surface area contributed by atoms with Crippen molar-refractivity contribution in [3.05, 3.63) is 29.3 Å². The predicted molar refractivity (Wildman–Crippen MR) is 83.2 cm³/mol. The van der Waals surface area contributed by atoms with Crippen molar-refractivity contribution < 1.29 is 4.79 Å². The lowest BCUT2D eigenvalue weighted by molar-refractivity contribution is 0.259. The first-order chi connectivity index (χ1) is 9.70. The first-order valence-electron chi connectivity index (χ1n) is 5.32. The van der Waals surface area contributed by atoms with Gasteiger partial charge in [-0.2, -0.15) is 4.99 Å². The first-order valence-corrected chi connectivity index (χ1v) is 5.69. The van der Waals surface area contributed by atoms with Gasteiger partial charge in [0, 0.05) is 10.7 Å². The summed E-state index contributed by atoms with van der Waals surface area (Å²) < 4.78 is 0. The number of aliphatic imine (C=N–C) groups is 1.